The van der Waals surface area contributed by atoms with Gasteiger partial charge < -0.3 is 14.3 Å². The average molecular weight is 306 g/mol. The second kappa shape index (κ2) is 5.59. The molecule has 7 heteroatoms. The molecule has 0 spiro atoms. The number of hydrogen-bond acceptors (Lipinski definition) is 5. The molecule has 0 aliphatic carbocycles. The third-order valence-electron chi connectivity index (χ3n) is 3.02. The van der Waals surface area contributed by atoms with Crippen molar-refractivity contribution in [1.82, 2.24) is 15.0 Å². The number of aliphatic hydroxyl groups excluding tert-OH is 1. The quantitative estimate of drug-likeness (QED) is 0.802. The zero-order valence-corrected chi connectivity index (χ0v) is 11.9. The van der Waals surface area contributed by atoms with E-state index in [-0.39, 0.29) is 6.61 Å². The Balaban J connectivity index is 2.15. The number of ether oxygens (including phenoxy) is 1. The van der Waals surface area contributed by atoms with Crippen LogP contribution < -0.4 is 4.74 Å². The maximum Gasteiger partial charge on any atom is 0.154 e. The van der Waals surface area contributed by atoms with E-state index in [0.717, 1.165) is 0 Å². The molecule has 2 heterocycles. The summed E-state index contributed by atoms with van der Waals surface area (Å²) in [5.41, 5.74) is 1.71. The Bertz CT molecular complexity index is 753. The Morgan fingerprint density at radius 3 is 2.86 bits per heavy atom. The first-order chi connectivity index (χ1) is 10.2. The molecule has 0 unspecified atom stereocenters. The summed E-state index contributed by atoms with van der Waals surface area (Å²) in [5.74, 6) is 1.14. The van der Waals surface area contributed by atoms with Gasteiger partial charge in [-0.3, -0.25) is 0 Å². The Kier molecular flexibility index (Phi) is 3.64. The number of halogens is 1. The smallest absolute Gasteiger partial charge is 0.154 e. The van der Waals surface area contributed by atoms with E-state index < -0.39 is 0 Å². The summed E-state index contributed by atoms with van der Waals surface area (Å²) >= 11 is 6.14. The molecular formula is C14H12ClN3O3. The lowest BCUT2D eigenvalue weighted by atomic mass is 10.2. The second-order valence-electron chi connectivity index (χ2n) is 4.25. The lowest BCUT2D eigenvalue weighted by Crippen LogP contribution is -2.00. The van der Waals surface area contributed by atoms with Gasteiger partial charge in [0.05, 0.1) is 30.7 Å². The molecule has 0 saturated heterocycles. The molecular weight excluding hydrogens is 294 g/mol. The monoisotopic (exact) mass is 305 g/mol. The van der Waals surface area contributed by atoms with Crippen molar-refractivity contribution in [3.63, 3.8) is 0 Å². The van der Waals surface area contributed by atoms with Crippen LogP contribution in [0.2, 0.25) is 5.02 Å². The van der Waals surface area contributed by atoms with Crippen molar-refractivity contribution >= 4 is 11.6 Å². The maximum atomic E-state index is 9.41. The molecule has 0 aliphatic rings. The summed E-state index contributed by atoms with van der Waals surface area (Å²) < 4.78 is 12.1. The van der Waals surface area contributed by atoms with Crippen LogP contribution in [-0.4, -0.2) is 27.2 Å². The van der Waals surface area contributed by atoms with Gasteiger partial charge in [0.15, 0.2) is 5.76 Å². The predicted molar refractivity (Wildman–Crippen MR) is 76.5 cm³/mol. The molecule has 108 valence electrons. The summed E-state index contributed by atoms with van der Waals surface area (Å²) in [4.78, 5) is 0. The van der Waals surface area contributed by atoms with E-state index in [2.05, 4.69) is 10.3 Å². The summed E-state index contributed by atoms with van der Waals surface area (Å²) in [5, 5.41) is 17.9. The van der Waals surface area contributed by atoms with Crippen LogP contribution in [0.5, 0.6) is 5.75 Å². The number of furan rings is 1. The molecule has 6 nitrogen and oxygen atoms in total. The van der Waals surface area contributed by atoms with Gasteiger partial charge >= 0.3 is 0 Å². The number of benzene rings is 1. The third kappa shape index (κ3) is 2.39. The van der Waals surface area contributed by atoms with E-state index in [4.69, 9.17) is 20.8 Å². The Morgan fingerprint density at radius 2 is 2.24 bits per heavy atom. The molecule has 0 aliphatic heterocycles. The van der Waals surface area contributed by atoms with Crippen LogP contribution in [0.3, 0.4) is 0 Å². The Hall–Kier alpha value is -2.31. The Morgan fingerprint density at radius 1 is 1.38 bits per heavy atom. The molecule has 0 atom stereocenters. The topological polar surface area (TPSA) is 73.3 Å². The fourth-order valence-corrected chi connectivity index (χ4v) is 2.30. The van der Waals surface area contributed by atoms with Crippen molar-refractivity contribution in [2.75, 3.05) is 7.11 Å². The zero-order chi connectivity index (χ0) is 14.8. The first-order valence-corrected chi connectivity index (χ1v) is 6.55. The first kappa shape index (κ1) is 13.7. The first-order valence-electron chi connectivity index (χ1n) is 6.18. The van der Waals surface area contributed by atoms with E-state index in [1.165, 1.54) is 0 Å². The van der Waals surface area contributed by atoms with Gasteiger partial charge in [-0.15, -0.1) is 5.10 Å². The van der Waals surface area contributed by atoms with Gasteiger partial charge in [0, 0.05) is 0 Å². The third-order valence-corrected chi connectivity index (χ3v) is 3.32. The highest BCUT2D eigenvalue weighted by Crippen LogP contribution is 2.30. The minimum atomic E-state index is -0.236. The number of rotatable bonds is 4. The maximum absolute atomic E-state index is 9.41. The van der Waals surface area contributed by atoms with Gasteiger partial charge in [-0.2, -0.15) is 0 Å². The Labute approximate surface area is 125 Å². The van der Waals surface area contributed by atoms with Crippen LogP contribution in [0.25, 0.3) is 17.1 Å². The van der Waals surface area contributed by atoms with E-state index in [9.17, 15) is 5.11 Å². The van der Waals surface area contributed by atoms with Gasteiger partial charge in [0.1, 0.15) is 17.1 Å². The molecule has 21 heavy (non-hydrogen) atoms. The second-order valence-corrected chi connectivity index (χ2v) is 4.66. The standard InChI is InChI=1S/C14H12ClN3O3/c1-20-12-5-4-9(7-10(12)15)18-14(11(8-19)16-17-18)13-3-2-6-21-13/h2-7,19H,8H2,1H3. The summed E-state index contributed by atoms with van der Waals surface area (Å²) in [6.07, 6.45) is 1.55. The van der Waals surface area contributed by atoms with Gasteiger partial charge in [-0.05, 0) is 30.3 Å². The van der Waals surface area contributed by atoms with E-state index in [1.54, 1.807) is 48.4 Å². The van der Waals surface area contributed by atoms with Crippen molar-refractivity contribution in [2.24, 2.45) is 0 Å². The molecule has 3 aromatic rings. The van der Waals surface area contributed by atoms with Crippen LogP contribution in [-0.2, 0) is 6.61 Å². The van der Waals surface area contributed by atoms with Gasteiger partial charge in [0.2, 0.25) is 0 Å². The zero-order valence-electron chi connectivity index (χ0n) is 11.2. The number of aliphatic hydroxyl groups is 1. The normalized spacial score (nSPS) is 10.8. The van der Waals surface area contributed by atoms with Crippen molar-refractivity contribution in [2.45, 2.75) is 6.61 Å². The van der Waals surface area contributed by atoms with Crippen molar-refractivity contribution in [3.8, 4) is 22.9 Å². The van der Waals surface area contributed by atoms with E-state index in [0.29, 0.717) is 33.6 Å². The van der Waals surface area contributed by atoms with Crippen LogP contribution in [0.1, 0.15) is 5.69 Å². The highest BCUT2D eigenvalue weighted by molar-refractivity contribution is 6.32. The SMILES string of the molecule is COc1ccc(-n2nnc(CO)c2-c2ccco2)cc1Cl. The highest BCUT2D eigenvalue weighted by Gasteiger charge is 2.18. The highest BCUT2D eigenvalue weighted by atomic mass is 35.5. The molecule has 2 aromatic heterocycles. The van der Waals surface area contributed by atoms with E-state index in [1.807, 2.05) is 0 Å². The van der Waals surface area contributed by atoms with Crippen LogP contribution in [0.4, 0.5) is 0 Å². The summed E-state index contributed by atoms with van der Waals surface area (Å²) in [6.45, 7) is -0.236. The fraction of sp³-hybridized carbons (Fsp3) is 0.143. The van der Waals surface area contributed by atoms with Gasteiger partial charge in [-0.25, -0.2) is 4.68 Å². The largest absolute Gasteiger partial charge is 0.495 e. The number of aromatic nitrogens is 3. The van der Waals surface area contributed by atoms with Gasteiger partial charge in [-0.1, -0.05) is 16.8 Å². The van der Waals surface area contributed by atoms with Crippen molar-refractivity contribution < 1.29 is 14.3 Å². The summed E-state index contributed by atoms with van der Waals surface area (Å²) in [7, 11) is 1.55. The molecule has 3 rings (SSSR count). The van der Waals surface area contributed by atoms with E-state index >= 15 is 0 Å². The van der Waals surface area contributed by atoms with Crippen LogP contribution in [0.15, 0.2) is 41.0 Å². The molecule has 0 radical (unpaired) electrons. The van der Waals surface area contributed by atoms with Gasteiger partial charge in [0.25, 0.3) is 0 Å². The molecule has 1 aromatic carbocycles. The summed E-state index contributed by atoms with van der Waals surface area (Å²) in [6, 6.07) is 8.79. The minimum absolute atomic E-state index is 0.236. The molecule has 1 N–H and O–H groups in total. The van der Waals surface area contributed by atoms with Crippen LogP contribution >= 0.6 is 11.6 Å². The number of methoxy groups -OCH3 is 1. The predicted octanol–water partition coefficient (Wildman–Crippen LogP) is 2.68. The molecule has 0 saturated carbocycles. The number of nitrogens with zero attached hydrogens (tertiary/aromatic N) is 3. The molecule has 0 fully saturated rings. The average Bonchev–Trinajstić information content (AvgIpc) is 3.15. The fourth-order valence-electron chi connectivity index (χ4n) is 2.05. The van der Waals surface area contributed by atoms with Crippen molar-refractivity contribution in [3.05, 3.63) is 47.3 Å². The van der Waals surface area contributed by atoms with Crippen LogP contribution in [0, 0.1) is 0 Å². The lowest BCUT2D eigenvalue weighted by Gasteiger charge is -2.08. The molecule has 0 bridgehead atoms. The molecule has 0 amide bonds. The van der Waals surface area contributed by atoms with Crippen molar-refractivity contribution in [1.29, 1.82) is 0 Å². The minimum Gasteiger partial charge on any atom is -0.495 e. The lowest BCUT2D eigenvalue weighted by molar-refractivity contribution is 0.277. The number of hydrogen-bond donors (Lipinski definition) is 1.